The molecule has 1 aromatic heterocycles. The Balaban J connectivity index is 2.18. The van der Waals surface area contributed by atoms with Crippen molar-refractivity contribution < 1.29 is 9.50 Å². The first-order valence-corrected chi connectivity index (χ1v) is 6.02. The van der Waals surface area contributed by atoms with E-state index in [9.17, 15) is 9.50 Å². The molecular weight excluding hydrogens is 219 g/mol. The van der Waals surface area contributed by atoms with Crippen molar-refractivity contribution in [1.82, 2.24) is 4.98 Å². The van der Waals surface area contributed by atoms with E-state index < -0.39 is 5.82 Å². The third-order valence-electron chi connectivity index (χ3n) is 3.50. The van der Waals surface area contributed by atoms with E-state index in [-0.39, 0.29) is 6.61 Å². The summed E-state index contributed by atoms with van der Waals surface area (Å²) in [4.78, 5) is 6.25. The van der Waals surface area contributed by atoms with Gasteiger partial charge >= 0.3 is 0 Å². The van der Waals surface area contributed by atoms with Crippen LogP contribution in [0.2, 0.25) is 0 Å². The monoisotopic (exact) mass is 238 g/mol. The predicted octanol–water partition coefficient (Wildman–Crippen LogP) is 2.34. The second-order valence-electron chi connectivity index (χ2n) is 5.45. The van der Waals surface area contributed by atoms with Crippen LogP contribution in [0.15, 0.2) is 12.3 Å². The Hall–Kier alpha value is -1.16. The lowest BCUT2D eigenvalue weighted by Crippen LogP contribution is -2.38. The molecule has 2 heterocycles. The average Bonchev–Trinajstić information content (AvgIpc) is 2.29. The van der Waals surface area contributed by atoms with E-state index in [1.165, 1.54) is 12.3 Å². The van der Waals surface area contributed by atoms with Gasteiger partial charge in [-0.25, -0.2) is 9.37 Å². The minimum Gasteiger partial charge on any atom is -0.392 e. The first kappa shape index (κ1) is 12.3. The van der Waals surface area contributed by atoms with Gasteiger partial charge in [0.25, 0.3) is 0 Å². The van der Waals surface area contributed by atoms with Gasteiger partial charge in [0.2, 0.25) is 0 Å². The zero-order valence-electron chi connectivity index (χ0n) is 10.4. The van der Waals surface area contributed by atoms with Crippen LogP contribution >= 0.6 is 0 Å². The van der Waals surface area contributed by atoms with Gasteiger partial charge in [0, 0.05) is 18.7 Å². The molecule has 0 spiro atoms. The van der Waals surface area contributed by atoms with E-state index in [0.717, 1.165) is 31.7 Å². The summed E-state index contributed by atoms with van der Waals surface area (Å²) in [5, 5.41) is 9.24. The lowest BCUT2D eigenvalue weighted by molar-refractivity contribution is 0.271. The summed E-state index contributed by atoms with van der Waals surface area (Å²) in [5.41, 5.74) is 0.945. The molecule has 0 aliphatic carbocycles. The Kier molecular flexibility index (Phi) is 3.33. The number of nitrogens with zero attached hydrogens (tertiary/aromatic N) is 2. The second kappa shape index (κ2) is 4.61. The maximum absolute atomic E-state index is 13.0. The van der Waals surface area contributed by atoms with Gasteiger partial charge in [-0.05, 0) is 24.3 Å². The molecule has 0 atom stereocenters. The number of aromatic nitrogens is 1. The van der Waals surface area contributed by atoms with Crippen molar-refractivity contribution in [2.45, 2.75) is 33.3 Å². The van der Waals surface area contributed by atoms with Gasteiger partial charge in [-0.2, -0.15) is 0 Å². The van der Waals surface area contributed by atoms with E-state index in [0.29, 0.717) is 11.0 Å². The summed E-state index contributed by atoms with van der Waals surface area (Å²) in [6.45, 7) is 6.18. The van der Waals surface area contributed by atoms with Crippen LogP contribution in [0.3, 0.4) is 0 Å². The highest BCUT2D eigenvalue weighted by Crippen LogP contribution is 2.32. The van der Waals surface area contributed by atoms with E-state index in [2.05, 4.69) is 23.7 Å². The Morgan fingerprint density at radius 1 is 1.41 bits per heavy atom. The molecule has 1 saturated heterocycles. The normalized spacial score (nSPS) is 19.4. The van der Waals surface area contributed by atoms with Gasteiger partial charge in [-0.1, -0.05) is 13.8 Å². The van der Waals surface area contributed by atoms with Crippen LogP contribution in [0.1, 0.15) is 32.3 Å². The van der Waals surface area contributed by atoms with Gasteiger partial charge in [0.1, 0.15) is 11.6 Å². The molecule has 94 valence electrons. The van der Waals surface area contributed by atoms with Crippen LogP contribution < -0.4 is 4.90 Å². The minimum atomic E-state index is -0.393. The molecule has 0 saturated carbocycles. The molecule has 1 aliphatic heterocycles. The van der Waals surface area contributed by atoms with Gasteiger partial charge in [0.05, 0.1) is 12.8 Å². The fourth-order valence-electron chi connectivity index (χ4n) is 2.20. The summed E-state index contributed by atoms with van der Waals surface area (Å²) >= 11 is 0. The molecule has 1 aliphatic rings. The smallest absolute Gasteiger partial charge is 0.142 e. The number of rotatable bonds is 2. The van der Waals surface area contributed by atoms with Crippen molar-refractivity contribution in [2.24, 2.45) is 5.41 Å². The standard InChI is InChI=1S/C13H19FN2O/c1-13(2)3-5-16(6-4-13)12-10(9-17)7-11(14)8-15-12/h7-8,17H,3-6,9H2,1-2H3. The van der Waals surface area contributed by atoms with Gasteiger partial charge in [-0.3, -0.25) is 0 Å². The average molecular weight is 238 g/mol. The van der Waals surface area contributed by atoms with Crippen molar-refractivity contribution in [1.29, 1.82) is 0 Å². The number of anilines is 1. The minimum absolute atomic E-state index is 0.167. The molecule has 2 rings (SSSR count). The van der Waals surface area contributed by atoms with E-state index >= 15 is 0 Å². The molecule has 1 fully saturated rings. The topological polar surface area (TPSA) is 36.4 Å². The van der Waals surface area contributed by atoms with Crippen molar-refractivity contribution in [3.8, 4) is 0 Å². The van der Waals surface area contributed by atoms with Crippen LogP contribution in [0.5, 0.6) is 0 Å². The maximum atomic E-state index is 13.0. The number of halogens is 1. The fraction of sp³-hybridized carbons (Fsp3) is 0.615. The van der Waals surface area contributed by atoms with E-state index in [1.54, 1.807) is 0 Å². The molecule has 17 heavy (non-hydrogen) atoms. The Morgan fingerprint density at radius 2 is 2.06 bits per heavy atom. The number of hydrogen-bond acceptors (Lipinski definition) is 3. The quantitative estimate of drug-likeness (QED) is 0.859. The zero-order valence-corrected chi connectivity index (χ0v) is 10.4. The lowest BCUT2D eigenvalue weighted by Gasteiger charge is -2.38. The third kappa shape index (κ3) is 2.75. The second-order valence-corrected chi connectivity index (χ2v) is 5.45. The highest BCUT2D eigenvalue weighted by molar-refractivity contribution is 5.47. The summed E-state index contributed by atoms with van der Waals surface area (Å²) in [5.74, 6) is 0.333. The highest BCUT2D eigenvalue weighted by Gasteiger charge is 2.26. The number of pyridine rings is 1. The molecule has 0 radical (unpaired) electrons. The number of piperidine rings is 1. The molecule has 0 aromatic carbocycles. The van der Waals surface area contributed by atoms with Gasteiger partial charge < -0.3 is 10.0 Å². The SMILES string of the molecule is CC1(C)CCN(c2ncc(F)cc2CO)CC1. The Bertz CT molecular complexity index is 396. The fourth-order valence-corrected chi connectivity index (χ4v) is 2.20. The van der Waals surface area contributed by atoms with Crippen molar-refractivity contribution >= 4 is 5.82 Å². The van der Waals surface area contributed by atoms with E-state index in [1.807, 2.05) is 0 Å². The van der Waals surface area contributed by atoms with Gasteiger partial charge in [-0.15, -0.1) is 0 Å². The van der Waals surface area contributed by atoms with Crippen molar-refractivity contribution in [2.75, 3.05) is 18.0 Å². The summed E-state index contributed by atoms with van der Waals surface area (Å²) in [6.07, 6.45) is 3.40. The molecule has 3 nitrogen and oxygen atoms in total. The summed E-state index contributed by atoms with van der Waals surface area (Å²) < 4.78 is 13.0. The first-order valence-electron chi connectivity index (χ1n) is 6.02. The first-order chi connectivity index (χ1) is 8.02. The molecule has 0 amide bonds. The zero-order chi connectivity index (χ0) is 12.5. The van der Waals surface area contributed by atoms with Crippen LogP contribution in [0, 0.1) is 11.2 Å². The molecular formula is C13H19FN2O. The molecule has 1 aromatic rings. The largest absolute Gasteiger partial charge is 0.392 e. The molecule has 4 heteroatoms. The number of hydrogen-bond donors (Lipinski definition) is 1. The lowest BCUT2D eigenvalue weighted by atomic mass is 9.82. The highest BCUT2D eigenvalue weighted by atomic mass is 19.1. The van der Waals surface area contributed by atoms with Gasteiger partial charge in [0.15, 0.2) is 0 Å². The third-order valence-corrected chi connectivity index (χ3v) is 3.50. The van der Waals surface area contributed by atoms with Crippen LogP contribution in [0.4, 0.5) is 10.2 Å². The number of aliphatic hydroxyl groups is 1. The Labute approximate surface area is 101 Å². The number of aliphatic hydroxyl groups excluding tert-OH is 1. The maximum Gasteiger partial charge on any atom is 0.142 e. The van der Waals surface area contributed by atoms with Crippen LogP contribution in [-0.2, 0) is 6.61 Å². The predicted molar refractivity (Wildman–Crippen MR) is 65.3 cm³/mol. The summed E-state index contributed by atoms with van der Waals surface area (Å²) in [6, 6.07) is 1.36. The van der Waals surface area contributed by atoms with Crippen LogP contribution in [0.25, 0.3) is 0 Å². The molecule has 1 N–H and O–H groups in total. The van der Waals surface area contributed by atoms with Crippen molar-refractivity contribution in [3.63, 3.8) is 0 Å². The van der Waals surface area contributed by atoms with Crippen LogP contribution in [-0.4, -0.2) is 23.2 Å². The summed E-state index contributed by atoms with van der Waals surface area (Å²) in [7, 11) is 0. The Morgan fingerprint density at radius 3 is 2.65 bits per heavy atom. The van der Waals surface area contributed by atoms with Crippen molar-refractivity contribution in [3.05, 3.63) is 23.6 Å². The molecule has 0 unspecified atom stereocenters. The van der Waals surface area contributed by atoms with E-state index in [4.69, 9.17) is 0 Å². The molecule has 0 bridgehead atoms.